The van der Waals surface area contributed by atoms with Crippen molar-refractivity contribution in [3.05, 3.63) is 35.4 Å². The van der Waals surface area contributed by atoms with Gasteiger partial charge in [0.15, 0.2) is 0 Å². The fourth-order valence-electron chi connectivity index (χ4n) is 3.50. The minimum atomic E-state index is 0.0179. The smallest absolute Gasteiger partial charge is 0.251 e. The van der Waals surface area contributed by atoms with Gasteiger partial charge in [0.2, 0.25) is 0 Å². The summed E-state index contributed by atoms with van der Waals surface area (Å²) in [6, 6.07) is 8.23. The maximum Gasteiger partial charge on any atom is 0.251 e. The molecular formula is C18H26N2OS2. The van der Waals surface area contributed by atoms with Crippen molar-refractivity contribution < 1.29 is 4.79 Å². The molecule has 2 aliphatic rings. The van der Waals surface area contributed by atoms with Gasteiger partial charge in [0.05, 0.1) is 4.58 Å². The zero-order chi connectivity index (χ0) is 16.1. The number of carbonyl (C=O) groups excluding carboxylic acids is 1. The van der Waals surface area contributed by atoms with Crippen LogP contribution < -0.4 is 11.1 Å². The third kappa shape index (κ3) is 4.46. The minimum absolute atomic E-state index is 0.0179. The molecule has 1 saturated heterocycles. The van der Waals surface area contributed by atoms with E-state index in [0.29, 0.717) is 17.0 Å². The predicted octanol–water partition coefficient (Wildman–Crippen LogP) is 3.80. The van der Waals surface area contributed by atoms with Gasteiger partial charge in [-0.05, 0) is 36.5 Å². The van der Waals surface area contributed by atoms with E-state index in [9.17, 15) is 4.79 Å². The lowest BCUT2D eigenvalue weighted by Gasteiger charge is -2.30. The Morgan fingerprint density at radius 3 is 2.39 bits per heavy atom. The third-order valence-corrected chi connectivity index (χ3v) is 7.96. The zero-order valence-electron chi connectivity index (χ0n) is 13.5. The summed E-state index contributed by atoms with van der Waals surface area (Å²) in [5.74, 6) is 3.00. The Bertz CT molecular complexity index is 508. The van der Waals surface area contributed by atoms with Gasteiger partial charge in [0.25, 0.3) is 5.91 Å². The van der Waals surface area contributed by atoms with E-state index in [1.54, 1.807) is 0 Å². The second kappa shape index (κ2) is 8.45. The van der Waals surface area contributed by atoms with E-state index < -0.39 is 0 Å². The monoisotopic (exact) mass is 350 g/mol. The van der Waals surface area contributed by atoms with Crippen LogP contribution in [0.4, 0.5) is 0 Å². The molecule has 0 spiro atoms. The van der Waals surface area contributed by atoms with Crippen molar-refractivity contribution in [1.29, 1.82) is 0 Å². The Balaban J connectivity index is 1.60. The van der Waals surface area contributed by atoms with E-state index in [-0.39, 0.29) is 11.9 Å². The van der Waals surface area contributed by atoms with Crippen molar-refractivity contribution in [3.8, 4) is 0 Å². The molecule has 1 unspecified atom stereocenters. The van der Waals surface area contributed by atoms with Gasteiger partial charge in [-0.2, -0.15) is 0 Å². The van der Waals surface area contributed by atoms with Crippen LogP contribution in [-0.2, 0) is 0 Å². The van der Waals surface area contributed by atoms with Gasteiger partial charge in [-0.15, -0.1) is 23.5 Å². The Morgan fingerprint density at radius 2 is 1.78 bits per heavy atom. The number of nitrogens with one attached hydrogen (secondary N) is 1. The molecule has 0 aromatic heterocycles. The topological polar surface area (TPSA) is 55.1 Å². The lowest BCUT2D eigenvalue weighted by molar-refractivity contribution is 0.0915. The van der Waals surface area contributed by atoms with E-state index in [2.05, 4.69) is 17.4 Å². The van der Waals surface area contributed by atoms with Crippen LogP contribution in [0.5, 0.6) is 0 Å². The van der Waals surface area contributed by atoms with Crippen LogP contribution in [0.3, 0.4) is 0 Å². The molecule has 1 heterocycles. The van der Waals surface area contributed by atoms with Crippen molar-refractivity contribution in [2.24, 2.45) is 11.7 Å². The van der Waals surface area contributed by atoms with Crippen LogP contribution in [0, 0.1) is 5.92 Å². The zero-order valence-corrected chi connectivity index (χ0v) is 15.1. The number of amides is 1. The molecule has 1 amide bonds. The average Bonchev–Trinajstić information content (AvgIpc) is 3.15. The maximum absolute atomic E-state index is 12.5. The molecule has 1 aromatic rings. The maximum atomic E-state index is 12.5. The molecule has 23 heavy (non-hydrogen) atoms. The standard InChI is InChI=1S/C18H26N2OS2/c19-12-16(13-4-2-1-3-5-13)20-17(21)14-6-8-15(9-7-14)18-22-10-11-23-18/h6-9,13,16,18H,1-5,10-12,19H2,(H,20,21). The summed E-state index contributed by atoms with van der Waals surface area (Å²) in [7, 11) is 0. The molecule has 3 N–H and O–H groups in total. The van der Waals surface area contributed by atoms with Crippen LogP contribution in [0.1, 0.15) is 52.6 Å². The summed E-state index contributed by atoms with van der Waals surface area (Å²) in [4.78, 5) is 12.5. The van der Waals surface area contributed by atoms with E-state index in [1.165, 1.54) is 49.2 Å². The number of hydrogen-bond acceptors (Lipinski definition) is 4. The van der Waals surface area contributed by atoms with Gasteiger partial charge >= 0.3 is 0 Å². The first kappa shape index (κ1) is 17.2. The highest BCUT2D eigenvalue weighted by molar-refractivity contribution is 8.19. The molecular weight excluding hydrogens is 324 g/mol. The molecule has 126 valence electrons. The molecule has 1 atom stereocenters. The summed E-state index contributed by atoms with van der Waals surface area (Å²) in [6.07, 6.45) is 6.24. The largest absolute Gasteiger partial charge is 0.348 e. The first-order valence-electron chi connectivity index (χ1n) is 8.62. The summed E-state index contributed by atoms with van der Waals surface area (Å²) in [6.45, 7) is 0.532. The lowest BCUT2D eigenvalue weighted by atomic mass is 9.84. The highest BCUT2D eigenvalue weighted by Gasteiger charge is 2.24. The van der Waals surface area contributed by atoms with Crippen molar-refractivity contribution in [1.82, 2.24) is 5.32 Å². The van der Waals surface area contributed by atoms with E-state index in [1.807, 2.05) is 35.7 Å². The van der Waals surface area contributed by atoms with E-state index in [4.69, 9.17) is 5.73 Å². The van der Waals surface area contributed by atoms with Gasteiger partial charge < -0.3 is 11.1 Å². The highest BCUT2D eigenvalue weighted by Crippen LogP contribution is 2.45. The fourth-order valence-corrected chi connectivity index (χ4v) is 6.36. The number of benzene rings is 1. The number of rotatable bonds is 5. The molecule has 3 rings (SSSR count). The molecule has 3 nitrogen and oxygen atoms in total. The minimum Gasteiger partial charge on any atom is -0.348 e. The first-order chi connectivity index (χ1) is 11.3. The van der Waals surface area contributed by atoms with Crippen molar-refractivity contribution >= 4 is 29.4 Å². The quantitative estimate of drug-likeness (QED) is 0.848. The van der Waals surface area contributed by atoms with Gasteiger partial charge in [-0.25, -0.2) is 0 Å². The Kier molecular flexibility index (Phi) is 6.31. The summed E-state index contributed by atoms with van der Waals surface area (Å²) in [5, 5.41) is 3.17. The van der Waals surface area contributed by atoms with Crippen LogP contribution in [-0.4, -0.2) is 30.0 Å². The molecule has 0 bridgehead atoms. The molecule has 1 saturated carbocycles. The van der Waals surface area contributed by atoms with Crippen molar-refractivity contribution in [2.75, 3.05) is 18.1 Å². The summed E-state index contributed by atoms with van der Waals surface area (Å²) in [5.41, 5.74) is 7.98. The van der Waals surface area contributed by atoms with Crippen molar-refractivity contribution in [2.45, 2.75) is 42.7 Å². The number of thioether (sulfide) groups is 2. The van der Waals surface area contributed by atoms with Crippen LogP contribution in [0.2, 0.25) is 0 Å². The molecule has 5 heteroatoms. The first-order valence-corrected chi connectivity index (χ1v) is 10.7. The van der Waals surface area contributed by atoms with E-state index >= 15 is 0 Å². The van der Waals surface area contributed by atoms with E-state index in [0.717, 1.165) is 5.56 Å². The highest BCUT2D eigenvalue weighted by atomic mass is 32.2. The predicted molar refractivity (Wildman–Crippen MR) is 101 cm³/mol. The number of nitrogens with two attached hydrogens (primary N) is 1. The van der Waals surface area contributed by atoms with Gasteiger partial charge in [-0.3, -0.25) is 4.79 Å². The third-order valence-electron chi connectivity index (χ3n) is 4.86. The Hall–Kier alpha value is -0.650. The molecule has 2 fully saturated rings. The van der Waals surface area contributed by atoms with Gasteiger partial charge in [0, 0.05) is 29.7 Å². The second-order valence-corrected chi connectivity index (χ2v) is 9.13. The summed E-state index contributed by atoms with van der Waals surface area (Å²) < 4.78 is 0.533. The van der Waals surface area contributed by atoms with Crippen molar-refractivity contribution in [3.63, 3.8) is 0 Å². The molecule has 1 aromatic carbocycles. The number of hydrogen-bond donors (Lipinski definition) is 2. The van der Waals surface area contributed by atoms with Crippen LogP contribution in [0.25, 0.3) is 0 Å². The fraction of sp³-hybridized carbons (Fsp3) is 0.611. The van der Waals surface area contributed by atoms with Gasteiger partial charge in [-0.1, -0.05) is 31.4 Å². The average molecular weight is 351 g/mol. The normalized spacial score (nSPS) is 21.3. The molecule has 1 aliphatic carbocycles. The van der Waals surface area contributed by atoms with Crippen LogP contribution >= 0.6 is 23.5 Å². The van der Waals surface area contributed by atoms with Gasteiger partial charge in [0.1, 0.15) is 0 Å². The number of carbonyl (C=O) groups is 1. The SMILES string of the molecule is NCC(NC(=O)c1ccc(C2SCCS2)cc1)C1CCCCC1. The summed E-state index contributed by atoms with van der Waals surface area (Å²) >= 11 is 3.98. The lowest BCUT2D eigenvalue weighted by Crippen LogP contribution is -2.45. The molecule has 1 aliphatic heterocycles. The Labute approximate surface area is 147 Å². The second-order valence-electron chi connectivity index (χ2n) is 6.41. The van der Waals surface area contributed by atoms with Crippen LogP contribution in [0.15, 0.2) is 24.3 Å². The molecule has 0 radical (unpaired) electrons. The Morgan fingerprint density at radius 1 is 1.13 bits per heavy atom.